The number of amides is 2. The fourth-order valence-electron chi connectivity index (χ4n) is 3.19. The predicted molar refractivity (Wildman–Crippen MR) is 108 cm³/mol. The summed E-state index contributed by atoms with van der Waals surface area (Å²) < 4.78 is 5.98. The number of carbonyl (C=O) groups excluding carboxylic acids is 2. The van der Waals surface area contributed by atoms with Gasteiger partial charge in [-0.15, -0.1) is 0 Å². The van der Waals surface area contributed by atoms with Crippen LogP contribution in [0.5, 0.6) is 5.75 Å². The van der Waals surface area contributed by atoms with Gasteiger partial charge in [0.15, 0.2) is 0 Å². The molecule has 0 aliphatic carbocycles. The molecule has 0 spiro atoms. The second-order valence-corrected chi connectivity index (χ2v) is 6.63. The van der Waals surface area contributed by atoms with E-state index < -0.39 is 6.10 Å². The van der Waals surface area contributed by atoms with Crippen LogP contribution >= 0.6 is 0 Å². The highest BCUT2D eigenvalue weighted by molar-refractivity contribution is 5.98. The first-order valence-corrected chi connectivity index (χ1v) is 9.19. The third-order valence-corrected chi connectivity index (χ3v) is 4.61. The molecule has 1 atom stereocenters. The fourth-order valence-corrected chi connectivity index (χ4v) is 3.19. The van der Waals surface area contributed by atoms with E-state index in [0.717, 1.165) is 16.8 Å². The summed E-state index contributed by atoms with van der Waals surface area (Å²) in [5, 5.41) is 5.76. The van der Waals surface area contributed by atoms with Crippen molar-refractivity contribution in [1.29, 1.82) is 0 Å². The van der Waals surface area contributed by atoms with Crippen LogP contribution in [0.2, 0.25) is 0 Å². The smallest absolute Gasteiger partial charge is 0.270 e. The lowest BCUT2D eigenvalue weighted by molar-refractivity contribution is -0.123. The molecular weight excluding hydrogens is 352 g/mol. The van der Waals surface area contributed by atoms with Gasteiger partial charge in [0.1, 0.15) is 5.75 Å². The van der Waals surface area contributed by atoms with E-state index >= 15 is 0 Å². The molecule has 0 unspecified atom stereocenters. The van der Waals surface area contributed by atoms with E-state index in [1.54, 1.807) is 6.07 Å². The predicted octanol–water partition coefficient (Wildman–Crippen LogP) is 4.33. The monoisotopic (exact) mass is 372 g/mol. The normalized spacial score (nSPS) is 13.8. The van der Waals surface area contributed by atoms with Crippen LogP contribution in [0.4, 0.5) is 11.4 Å². The fraction of sp³-hybridized carbons (Fsp3) is 0.130. The summed E-state index contributed by atoms with van der Waals surface area (Å²) in [5.74, 6) is 0.326. The van der Waals surface area contributed by atoms with Crippen molar-refractivity contribution in [1.82, 2.24) is 0 Å². The largest absolute Gasteiger partial charge is 0.476 e. The van der Waals surface area contributed by atoms with Crippen LogP contribution in [-0.2, 0) is 16.0 Å². The molecule has 0 radical (unpaired) electrons. The Bertz CT molecular complexity index is 987. The maximum absolute atomic E-state index is 13.0. The highest BCUT2D eigenvalue weighted by atomic mass is 16.5. The van der Waals surface area contributed by atoms with Crippen LogP contribution in [0, 0.1) is 0 Å². The second-order valence-electron chi connectivity index (χ2n) is 6.63. The molecule has 1 aliphatic rings. The van der Waals surface area contributed by atoms with Crippen molar-refractivity contribution in [3.8, 4) is 5.75 Å². The zero-order chi connectivity index (χ0) is 19.3. The lowest BCUT2D eigenvalue weighted by Crippen LogP contribution is -2.26. The first kappa shape index (κ1) is 17.8. The summed E-state index contributed by atoms with van der Waals surface area (Å²) in [7, 11) is 0. The molecule has 5 heteroatoms. The molecule has 0 saturated heterocycles. The molecule has 0 aromatic heterocycles. The van der Waals surface area contributed by atoms with E-state index in [1.165, 1.54) is 0 Å². The van der Waals surface area contributed by atoms with E-state index in [2.05, 4.69) is 10.6 Å². The van der Waals surface area contributed by atoms with Gasteiger partial charge in [-0.2, -0.15) is 0 Å². The van der Waals surface area contributed by atoms with Crippen LogP contribution in [-0.4, -0.2) is 11.8 Å². The quantitative estimate of drug-likeness (QED) is 0.700. The maximum atomic E-state index is 13.0. The summed E-state index contributed by atoms with van der Waals surface area (Å²) in [6, 6.07) is 24.2. The van der Waals surface area contributed by atoms with Crippen LogP contribution in [0.15, 0.2) is 78.9 Å². The number of para-hydroxylation sites is 1. The van der Waals surface area contributed by atoms with E-state index in [1.807, 2.05) is 72.8 Å². The van der Waals surface area contributed by atoms with Gasteiger partial charge in [-0.25, -0.2) is 0 Å². The number of anilines is 2. The molecule has 1 aliphatic heterocycles. The number of ether oxygens (including phenoxy) is 1. The van der Waals surface area contributed by atoms with Gasteiger partial charge in [0.2, 0.25) is 12.0 Å². The summed E-state index contributed by atoms with van der Waals surface area (Å²) in [6.07, 6.45) is 0.396. The molecule has 140 valence electrons. The minimum atomic E-state index is -0.797. The number of carbonyl (C=O) groups is 2. The number of benzene rings is 3. The summed E-state index contributed by atoms with van der Waals surface area (Å²) in [4.78, 5) is 24.7. The molecular formula is C23H20N2O3. The summed E-state index contributed by atoms with van der Waals surface area (Å²) >= 11 is 0. The lowest BCUT2D eigenvalue weighted by atomic mass is 10.0. The third-order valence-electron chi connectivity index (χ3n) is 4.61. The zero-order valence-corrected chi connectivity index (χ0v) is 15.2. The molecule has 4 rings (SSSR count). The second kappa shape index (κ2) is 7.96. The molecule has 0 fully saturated rings. The number of nitrogens with one attached hydrogen (secondary N) is 2. The van der Waals surface area contributed by atoms with Crippen molar-refractivity contribution in [2.45, 2.75) is 18.9 Å². The van der Waals surface area contributed by atoms with Crippen molar-refractivity contribution in [3.05, 3.63) is 90.0 Å². The molecule has 2 N–H and O–H groups in total. The molecule has 0 bridgehead atoms. The Balaban J connectivity index is 1.57. The first-order valence-electron chi connectivity index (χ1n) is 9.19. The Kier molecular flexibility index (Phi) is 5.06. The molecule has 3 aromatic carbocycles. The number of aryl methyl sites for hydroxylation is 1. The van der Waals surface area contributed by atoms with E-state index in [-0.39, 0.29) is 11.8 Å². The van der Waals surface area contributed by atoms with Crippen molar-refractivity contribution in [3.63, 3.8) is 0 Å². The van der Waals surface area contributed by atoms with Gasteiger partial charge < -0.3 is 15.4 Å². The Morgan fingerprint density at radius 1 is 0.929 bits per heavy atom. The van der Waals surface area contributed by atoms with Gasteiger partial charge in [-0.05, 0) is 36.2 Å². The van der Waals surface area contributed by atoms with Crippen molar-refractivity contribution >= 4 is 23.2 Å². The Labute approximate surface area is 163 Å². The molecule has 1 heterocycles. The summed E-state index contributed by atoms with van der Waals surface area (Å²) in [5.41, 5.74) is 3.19. The Hall–Kier alpha value is -3.60. The number of rotatable bonds is 5. The average Bonchev–Trinajstić information content (AvgIpc) is 2.73. The van der Waals surface area contributed by atoms with Crippen LogP contribution in [0.1, 0.15) is 23.7 Å². The van der Waals surface area contributed by atoms with Crippen LogP contribution < -0.4 is 15.4 Å². The Morgan fingerprint density at radius 2 is 1.64 bits per heavy atom. The number of hydrogen-bond donors (Lipinski definition) is 2. The summed E-state index contributed by atoms with van der Waals surface area (Å²) in [6.45, 7) is 0. The van der Waals surface area contributed by atoms with Gasteiger partial charge in [0.05, 0.1) is 0 Å². The van der Waals surface area contributed by atoms with Crippen molar-refractivity contribution in [2.24, 2.45) is 0 Å². The lowest BCUT2D eigenvalue weighted by Gasteiger charge is -2.21. The number of hydrogen-bond acceptors (Lipinski definition) is 3. The molecule has 3 aromatic rings. The van der Waals surface area contributed by atoms with Crippen molar-refractivity contribution in [2.75, 3.05) is 10.6 Å². The molecule has 5 nitrogen and oxygen atoms in total. The molecule has 0 saturated carbocycles. The standard InChI is InChI=1S/C23H20N2O3/c26-21-14-12-16-11-13-18(15-20(16)25-21)24-23(27)22(17-7-3-1-4-8-17)28-19-9-5-2-6-10-19/h1-11,13,15,22H,12,14H2,(H,24,27)(H,25,26)/t22-/m1/s1. The minimum absolute atomic E-state index is 0.00875. The zero-order valence-electron chi connectivity index (χ0n) is 15.2. The Morgan fingerprint density at radius 3 is 2.39 bits per heavy atom. The minimum Gasteiger partial charge on any atom is -0.476 e. The number of fused-ring (bicyclic) bond motifs is 1. The van der Waals surface area contributed by atoms with Gasteiger partial charge in [-0.3, -0.25) is 9.59 Å². The van der Waals surface area contributed by atoms with Gasteiger partial charge in [0.25, 0.3) is 5.91 Å². The highest BCUT2D eigenvalue weighted by Crippen LogP contribution is 2.28. The van der Waals surface area contributed by atoms with Crippen LogP contribution in [0.3, 0.4) is 0 Å². The van der Waals surface area contributed by atoms with E-state index in [0.29, 0.717) is 24.3 Å². The van der Waals surface area contributed by atoms with Gasteiger partial charge in [-0.1, -0.05) is 54.6 Å². The SMILES string of the molecule is O=C1CCc2ccc(NC(=O)[C@H](Oc3ccccc3)c3ccccc3)cc2N1. The van der Waals surface area contributed by atoms with Gasteiger partial charge >= 0.3 is 0 Å². The maximum Gasteiger partial charge on any atom is 0.270 e. The molecule has 2 amide bonds. The highest BCUT2D eigenvalue weighted by Gasteiger charge is 2.23. The van der Waals surface area contributed by atoms with Gasteiger partial charge in [0, 0.05) is 23.4 Å². The third kappa shape index (κ3) is 4.04. The van der Waals surface area contributed by atoms with E-state index in [4.69, 9.17) is 4.74 Å². The first-order chi connectivity index (χ1) is 13.7. The van der Waals surface area contributed by atoms with E-state index in [9.17, 15) is 9.59 Å². The average molecular weight is 372 g/mol. The topological polar surface area (TPSA) is 67.4 Å². The van der Waals surface area contributed by atoms with Crippen LogP contribution in [0.25, 0.3) is 0 Å². The van der Waals surface area contributed by atoms with Crippen molar-refractivity contribution < 1.29 is 14.3 Å². The molecule has 28 heavy (non-hydrogen) atoms.